The number of hydrogen-bond donors (Lipinski definition) is 3. The average molecular weight is 383 g/mol. The number of rotatable bonds is 6. The summed E-state index contributed by atoms with van der Waals surface area (Å²) in [6, 6.07) is 13.8. The highest BCUT2D eigenvalue weighted by molar-refractivity contribution is 5.99. The summed E-state index contributed by atoms with van der Waals surface area (Å²) in [4.78, 5) is 47.9. The Bertz CT molecular complexity index is 867. The summed E-state index contributed by atoms with van der Waals surface area (Å²) < 4.78 is 5.38. The van der Waals surface area contributed by atoms with E-state index in [4.69, 9.17) is 4.74 Å². The molecule has 0 fully saturated rings. The molecule has 0 saturated heterocycles. The van der Waals surface area contributed by atoms with E-state index >= 15 is 0 Å². The zero-order valence-electron chi connectivity index (χ0n) is 15.5. The van der Waals surface area contributed by atoms with E-state index in [-0.39, 0.29) is 11.5 Å². The number of nitrogens with one attached hydrogen (secondary N) is 3. The average Bonchev–Trinajstić information content (AvgIpc) is 2.66. The molecule has 8 nitrogen and oxygen atoms in total. The molecule has 8 heteroatoms. The second-order valence-electron chi connectivity index (χ2n) is 5.81. The summed E-state index contributed by atoms with van der Waals surface area (Å²) >= 11 is 0. The van der Waals surface area contributed by atoms with E-state index < -0.39 is 24.0 Å². The first-order valence-electron chi connectivity index (χ1n) is 8.63. The number of hydrogen-bond acceptors (Lipinski definition) is 5. The molecular weight excluding hydrogens is 362 g/mol. The first-order valence-corrected chi connectivity index (χ1v) is 8.63. The fraction of sp³-hybridized carbons (Fsp3) is 0.200. The van der Waals surface area contributed by atoms with Crippen molar-refractivity contribution >= 4 is 29.5 Å². The minimum absolute atomic E-state index is 0.151. The molecule has 1 atom stereocenters. The Hall–Kier alpha value is -3.68. The van der Waals surface area contributed by atoms with Crippen molar-refractivity contribution < 1.29 is 23.9 Å². The number of ether oxygens (including phenoxy) is 1. The van der Waals surface area contributed by atoms with Gasteiger partial charge >= 0.3 is 12.0 Å². The van der Waals surface area contributed by atoms with Crippen molar-refractivity contribution in [3.8, 4) is 0 Å². The Morgan fingerprint density at radius 3 is 2.36 bits per heavy atom. The van der Waals surface area contributed by atoms with Crippen molar-refractivity contribution in [3.05, 3.63) is 65.7 Å². The van der Waals surface area contributed by atoms with Gasteiger partial charge in [-0.25, -0.2) is 9.59 Å². The Balaban J connectivity index is 2.22. The van der Waals surface area contributed by atoms with Crippen LogP contribution in [0, 0.1) is 0 Å². The van der Waals surface area contributed by atoms with Crippen LogP contribution in [0.2, 0.25) is 0 Å². The summed E-state index contributed by atoms with van der Waals surface area (Å²) in [5.41, 5.74) is 0.985. The van der Waals surface area contributed by atoms with E-state index in [1.165, 1.54) is 19.1 Å². The molecule has 3 N–H and O–H groups in total. The highest BCUT2D eigenvalue weighted by Crippen LogP contribution is 2.21. The summed E-state index contributed by atoms with van der Waals surface area (Å²) in [7, 11) is 0. The van der Waals surface area contributed by atoms with Crippen LogP contribution < -0.4 is 16.0 Å². The van der Waals surface area contributed by atoms with Crippen molar-refractivity contribution in [3.63, 3.8) is 0 Å². The number of benzene rings is 2. The molecule has 2 aromatic carbocycles. The Morgan fingerprint density at radius 2 is 1.71 bits per heavy atom. The molecule has 0 aliphatic heterocycles. The lowest BCUT2D eigenvalue weighted by atomic mass is 10.1. The van der Waals surface area contributed by atoms with Gasteiger partial charge in [0.05, 0.1) is 5.56 Å². The molecule has 0 spiro atoms. The third kappa shape index (κ3) is 5.94. The Labute approximate surface area is 162 Å². The van der Waals surface area contributed by atoms with Crippen LogP contribution in [0.15, 0.2) is 54.6 Å². The molecule has 0 saturated carbocycles. The summed E-state index contributed by atoms with van der Waals surface area (Å²) in [6.45, 7) is 3.40. The van der Waals surface area contributed by atoms with Crippen LogP contribution >= 0.6 is 0 Å². The normalized spacial score (nSPS) is 11.1. The SMILES string of the molecule is CCNC(=O)NC(=O)[C@@H](OC(=O)c1cccc(NC(C)=O)c1)c1ccccc1. The maximum atomic E-state index is 12.6. The van der Waals surface area contributed by atoms with Crippen LogP contribution in [-0.4, -0.2) is 30.4 Å². The van der Waals surface area contributed by atoms with Crippen molar-refractivity contribution in [1.29, 1.82) is 0 Å². The third-order valence-corrected chi connectivity index (χ3v) is 3.56. The van der Waals surface area contributed by atoms with Crippen LogP contribution in [0.3, 0.4) is 0 Å². The van der Waals surface area contributed by atoms with Gasteiger partial charge in [0.15, 0.2) is 0 Å². The monoisotopic (exact) mass is 383 g/mol. The van der Waals surface area contributed by atoms with Gasteiger partial charge in [0.1, 0.15) is 0 Å². The van der Waals surface area contributed by atoms with E-state index in [2.05, 4.69) is 16.0 Å². The quantitative estimate of drug-likeness (QED) is 0.663. The number of anilines is 1. The van der Waals surface area contributed by atoms with Gasteiger partial charge in [-0.3, -0.25) is 14.9 Å². The number of carbonyl (C=O) groups is 4. The van der Waals surface area contributed by atoms with Gasteiger partial charge < -0.3 is 15.4 Å². The number of imide groups is 1. The summed E-state index contributed by atoms with van der Waals surface area (Å²) in [5, 5.41) is 7.16. The van der Waals surface area contributed by atoms with Crippen LogP contribution in [0.4, 0.5) is 10.5 Å². The molecule has 0 heterocycles. The van der Waals surface area contributed by atoms with Gasteiger partial charge in [-0.05, 0) is 25.1 Å². The van der Waals surface area contributed by atoms with Crippen molar-refractivity contribution in [1.82, 2.24) is 10.6 Å². The molecular formula is C20H21N3O5. The van der Waals surface area contributed by atoms with Gasteiger partial charge in [-0.1, -0.05) is 36.4 Å². The molecule has 28 heavy (non-hydrogen) atoms. The second kappa shape index (κ2) is 9.86. The molecule has 2 rings (SSSR count). The van der Waals surface area contributed by atoms with Gasteiger partial charge in [-0.2, -0.15) is 0 Å². The fourth-order valence-electron chi connectivity index (χ4n) is 2.39. The number of carbonyl (C=O) groups excluding carboxylic acids is 4. The van der Waals surface area contributed by atoms with Crippen molar-refractivity contribution in [2.75, 3.05) is 11.9 Å². The summed E-state index contributed by atoms with van der Waals surface area (Å²) in [5.74, 6) is -1.83. The molecule has 0 aliphatic carbocycles. The summed E-state index contributed by atoms with van der Waals surface area (Å²) in [6.07, 6.45) is -1.32. The first-order chi connectivity index (χ1) is 13.4. The Kier molecular flexibility index (Phi) is 7.27. The molecule has 0 bridgehead atoms. The smallest absolute Gasteiger partial charge is 0.339 e. The van der Waals surface area contributed by atoms with Crippen LogP contribution in [-0.2, 0) is 14.3 Å². The topological polar surface area (TPSA) is 114 Å². The van der Waals surface area contributed by atoms with Crippen molar-refractivity contribution in [2.24, 2.45) is 0 Å². The maximum Gasteiger partial charge on any atom is 0.339 e. The first kappa shape index (κ1) is 20.6. The molecule has 4 amide bonds. The van der Waals surface area contributed by atoms with Crippen LogP contribution in [0.5, 0.6) is 0 Å². The second-order valence-corrected chi connectivity index (χ2v) is 5.81. The lowest BCUT2D eigenvalue weighted by Crippen LogP contribution is -2.42. The van der Waals surface area contributed by atoms with E-state index in [0.717, 1.165) is 0 Å². The Morgan fingerprint density at radius 1 is 1.00 bits per heavy atom. The molecule has 146 valence electrons. The molecule has 0 aromatic heterocycles. The van der Waals surface area contributed by atoms with E-state index in [1.807, 2.05) is 0 Å². The predicted octanol–water partition coefficient (Wildman–Crippen LogP) is 2.39. The van der Waals surface area contributed by atoms with Gasteiger partial charge in [0, 0.05) is 24.7 Å². The highest BCUT2D eigenvalue weighted by Gasteiger charge is 2.27. The number of esters is 1. The number of urea groups is 1. The van der Waals surface area contributed by atoms with E-state index in [1.54, 1.807) is 49.4 Å². The van der Waals surface area contributed by atoms with Gasteiger partial charge in [0.25, 0.3) is 5.91 Å². The molecule has 2 aromatic rings. The zero-order chi connectivity index (χ0) is 20.5. The number of amides is 4. The van der Waals surface area contributed by atoms with E-state index in [9.17, 15) is 19.2 Å². The minimum Gasteiger partial charge on any atom is -0.444 e. The molecule has 0 radical (unpaired) electrons. The van der Waals surface area contributed by atoms with Crippen LogP contribution in [0.25, 0.3) is 0 Å². The van der Waals surface area contributed by atoms with E-state index in [0.29, 0.717) is 17.8 Å². The minimum atomic E-state index is -1.32. The van der Waals surface area contributed by atoms with Gasteiger partial charge in [0.2, 0.25) is 12.0 Å². The predicted molar refractivity (Wildman–Crippen MR) is 103 cm³/mol. The third-order valence-electron chi connectivity index (χ3n) is 3.56. The fourth-order valence-corrected chi connectivity index (χ4v) is 2.39. The standard InChI is InChI=1S/C20H21N3O5/c1-3-21-20(27)23-18(25)17(14-8-5-4-6-9-14)28-19(26)15-10-7-11-16(12-15)22-13(2)24/h4-12,17H,3H2,1-2H3,(H,22,24)(H2,21,23,25,27)/t17-/m0/s1. The largest absolute Gasteiger partial charge is 0.444 e. The lowest BCUT2D eigenvalue weighted by molar-refractivity contribution is -0.129. The van der Waals surface area contributed by atoms with Gasteiger partial charge in [-0.15, -0.1) is 0 Å². The molecule has 0 aliphatic rings. The molecule has 0 unspecified atom stereocenters. The highest BCUT2D eigenvalue weighted by atomic mass is 16.5. The maximum absolute atomic E-state index is 12.6. The van der Waals surface area contributed by atoms with Crippen molar-refractivity contribution in [2.45, 2.75) is 20.0 Å². The zero-order valence-corrected chi connectivity index (χ0v) is 15.5. The lowest BCUT2D eigenvalue weighted by Gasteiger charge is -2.18. The van der Waals surface area contributed by atoms with Crippen LogP contribution in [0.1, 0.15) is 35.9 Å².